The number of hydrogen-bond donors (Lipinski definition) is 3. The SMILES string of the molecule is Nc1ccc(Oc2ccc(C=O)cc2O)cc1.O=Cc1ccc(Oc2ccc([N+](=O)[O-])cc2)c(O)c1.[Cl][Sn][Cl]. The third kappa shape index (κ3) is 10.3. The Morgan fingerprint density at radius 1 is 0.744 bits per heavy atom. The molecule has 0 aliphatic heterocycles. The molecule has 39 heavy (non-hydrogen) atoms. The molecule has 4 N–H and O–H groups in total. The summed E-state index contributed by atoms with van der Waals surface area (Å²) in [5.74, 6) is 1.11. The van der Waals surface area contributed by atoms with E-state index in [1.165, 1.54) is 54.6 Å². The van der Waals surface area contributed by atoms with Crippen LogP contribution in [0.1, 0.15) is 20.7 Å². The van der Waals surface area contributed by atoms with Gasteiger partial charge in [0.05, 0.1) is 4.92 Å². The van der Waals surface area contributed by atoms with Crippen LogP contribution in [-0.2, 0) is 0 Å². The fraction of sp³-hybridized carbons (Fsp3) is 0. The summed E-state index contributed by atoms with van der Waals surface area (Å²) in [6, 6.07) is 20.9. The standard InChI is InChI=1S/C13H9NO5.C13H11NO3.2ClH.Sn/c15-8-9-1-6-13(12(16)7-9)19-11-4-2-10(3-5-11)14(17)18;14-10-2-4-11(5-3-10)17-13-6-1-9(8-15)7-12(13)16;;;/h1-8,16H;1-8,16H,14H2;2*1H;/q;;;;+2/p-2. The maximum absolute atomic E-state index is 10.5. The average Bonchev–Trinajstić information content (AvgIpc) is 2.93. The van der Waals surface area contributed by atoms with Crippen LogP contribution < -0.4 is 15.2 Å². The Kier molecular flexibility index (Phi) is 12.9. The van der Waals surface area contributed by atoms with E-state index in [1.807, 2.05) is 0 Å². The number of nitrogen functional groups attached to an aromatic ring is 1. The quantitative estimate of drug-likeness (QED) is 0.0653. The molecule has 200 valence electrons. The number of aromatic hydroxyl groups is 2. The van der Waals surface area contributed by atoms with E-state index in [9.17, 15) is 29.9 Å². The number of ether oxygens (including phenoxy) is 2. The number of carbonyl (C=O) groups is 2. The van der Waals surface area contributed by atoms with Crippen LogP contribution in [0.15, 0.2) is 84.9 Å². The summed E-state index contributed by atoms with van der Waals surface area (Å²) in [7, 11) is 9.87. The molecule has 2 radical (unpaired) electrons. The number of nitrogens with two attached hydrogens (primary N) is 1. The van der Waals surface area contributed by atoms with Crippen molar-refractivity contribution in [2.24, 2.45) is 0 Å². The van der Waals surface area contributed by atoms with E-state index in [-0.39, 0.29) is 22.9 Å². The first-order valence-electron chi connectivity index (χ1n) is 10.7. The van der Waals surface area contributed by atoms with Crippen molar-refractivity contribution >= 4 is 60.7 Å². The van der Waals surface area contributed by atoms with Crippen molar-refractivity contribution in [1.29, 1.82) is 0 Å². The van der Waals surface area contributed by atoms with E-state index >= 15 is 0 Å². The molecule has 0 saturated heterocycles. The van der Waals surface area contributed by atoms with Gasteiger partial charge in [-0.05, 0) is 72.8 Å². The van der Waals surface area contributed by atoms with Crippen molar-refractivity contribution in [2.45, 2.75) is 0 Å². The third-order valence-corrected chi connectivity index (χ3v) is 4.62. The normalized spacial score (nSPS) is 9.59. The number of phenolic OH excluding ortho intramolecular Hbond substituents is 2. The Morgan fingerprint density at radius 3 is 1.46 bits per heavy atom. The monoisotopic (exact) mass is 678 g/mol. The second kappa shape index (κ2) is 16.1. The molecule has 10 nitrogen and oxygen atoms in total. The zero-order chi connectivity index (χ0) is 28.8. The molecule has 4 aromatic carbocycles. The van der Waals surface area contributed by atoms with Gasteiger partial charge in [-0.3, -0.25) is 19.7 Å². The van der Waals surface area contributed by atoms with Crippen LogP contribution in [0.3, 0.4) is 0 Å². The van der Waals surface area contributed by atoms with Gasteiger partial charge in [0.2, 0.25) is 0 Å². The molecule has 0 amide bonds. The van der Waals surface area contributed by atoms with Gasteiger partial charge < -0.3 is 25.4 Å². The number of carbonyl (C=O) groups excluding carboxylic acids is 2. The van der Waals surface area contributed by atoms with Crippen molar-refractivity contribution in [3.8, 4) is 34.5 Å². The summed E-state index contributed by atoms with van der Waals surface area (Å²) >= 11 is -0.826. The van der Waals surface area contributed by atoms with E-state index < -0.39 is 23.8 Å². The Labute approximate surface area is 240 Å². The Hall–Kier alpha value is -4.00. The molecule has 0 aliphatic rings. The van der Waals surface area contributed by atoms with Crippen LogP contribution in [0.25, 0.3) is 0 Å². The Morgan fingerprint density at radius 2 is 1.13 bits per heavy atom. The molecule has 0 saturated carbocycles. The maximum atomic E-state index is 10.5. The van der Waals surface area contributed by atoms with Gasteiger partial charge in [-0.15, -0.1) is 0 Å². The van der Waals surface area contributed by atoms with E-state index in [4.69, 9.17) is 33.0 Å². The van der Waals surface area contributed by atoms with Crippen molar-refractivity contribution in [3.05, 3.63) is 106 Å². The van der Waals surface area contributed by atoms with Gasteiger partial charge in [0.1, 0.15) is 24.1 Å². The molecular formula is C26H20Cl2N2O8Sn. The number of nitro groups is 1. The molecule has 0 aromatic heterocycles. The average molecular weight is 678 g/mol. The minimum atomic E-state index is -0.826. The molecule has 0 heterocycles. The number of benzene rings is 4. The summed E-state index contributed by atoms with van der Waals surface area (Å²) in [4.78, 5) is 31.0. The molecule has 0 atom stereocenters. The number of halogens is 2. The van der Waals surface area contributed by atoms with Crippen LogP contribution in [-0.4, -0.2) is 46.6 Å². The third-order valence-electron chi connectivity index (χ3n) is 4.62. The number of anilines is 1. The molecule has 0 aliphatic carbocycles. The number of nitrogens with zero attached hydrogens (tertiary/aromatic N) is 1. The van der Waals surface area contributed by atoms with Crippen molar-refractivity contribution in [2.75, 3.05) is 5.73 Å². The Balaban J connectivity index is 0.000000250. The van der Waals surface area contributed by atoms with E-state index in [0.29, 0.717) is 46.6 Å². The molecule has 4 aromatic rings. The predicted molar refractivity (Wildman–Crippen MR) is 149 cm³/mol. The molecule has 4 rings (SSSR count). The molecule has 0 spiro atoms. The summed E-state index contributed by atoms with van der Waals surface area (Å²) < 4.78 is 10.8. The first kappa shape index (κ1) is 31.2. The van der Waals surface area contributed by atoms with Crippen LogP contribution >= 0.6 is 17.8 Å². The van der Waals surface area contributed by atoms with Gasteiger partial charge in [-0.25, -0.2) is 0 Å². The first-order valence-corrected chi connectivity index (χ1v) is 17.9. The van der Waals surface area contributed by atoms with Crippen LogP contribution in [0.4, 0.5) is 11.4 Å². The topological polar surface area (TPSA) is 162 Å². The Bertz CT molecular complexity index is 1400. The molecule has 13 heteroatoms. The zero-order valence-corrected chi connectivity index (χ0v) is 24.2. The number of nitro benzene ring substituents is 1. The number of hydrogen-bond acceptors (Lipinski definition) is 9. The number of phenols is 2. The van der Waals surface area contributed by atoms with Gasteiger partial charge in [-0.2, -0.15) is 0 Å². The fourth-order valence-corrected chi connectivity index (χ4v) is 2.81. The molecular weight excluding hydrogens is 658 g/mol. The van der Waals surface area contributed by atoms with Gasteiger partial charge in [0.25, 0.3) is 5.69 Å². The van der Waals surface area contributed by atoms with Crippen LogP contribution in [0.5, 0.6) is 34.5 Å². The second-order valence-corrected chi connectivity index (χ2v) is 11.5. The molecule has 0 unspecified atom stereocenters. The van der Waals surface area contributed by atoms with E-state index in [1.54, 1.807) is 30.3 Å². The van der Waals surface area contributed by atoms with Crippen molar-refractivity contribution in [3.63, 3.8) is 0 Å². The predicted octanol–water partition coefficient (Wildman–Crippen LogP) is 6.48. The van der Waals surface area contributed by atoms with Crippen molar-refractivity contribution in [1.82, 2.24) is 0 Å². The van der Waals surface area contributed by atoms with Crippen LogP contribution in [0.2, 0.25) is 0 Å². The summed E-state index contributed by atoms with van der Waals surface area (Å²) in [5, 5.41) is 29.8. The first-order chi connectivity index (χ1) is 18.7. The summed E-state index contributed by atoms with van der Waals surface area (Å²) in [6.45, 7) is 0. The number of rotatable bonds is 7. The fourth-order valence-electron chi connectivity index (χ4n) is 2.81. The zero-order valence-electron chi connectivity index (χ0n) is 19.9. The van der Waals surface area contributed by atoms with Crippen molar-refractivity contribution < 1.29 is 34.2 Å². The van der Waals surface area contributed by atoms with Gasteiger partial charge in [0.15, 0.2) is 23.0 Å². The van der Waals surface area contributed by atoms with E-state index in [0.717, 1.165) is 0 Å². The van der Waals surface area contributed by atoms with Gasteiger partial charge in [-0.1, -0.05) is 0 Å². The molecule has 0 fully saturated rings. The summed E-state index contributed by atoms with van der Waals surface area (Å²) in [6.07, 6.45) is 1.27. The van der Waals surface area contributed by atoms with Crippen LogP contribution in [0, 0.1) is 10.1 Å². The minimum absolute atomic E-state index is 0.0483. The number of non-ortho nitro benzene ring substituents is 1. The summed E-state index contributed by atoms with van der Waals surface area (Å²) in [5.41, 5.74) is 6.86. The van der Waals surface area contributed by atoms with Gasteiger partial charge >= 0.3 is 36.7 Å². The molecule has 0 bridgehead atoms. The van der Waals surface area contributed by atoms with Gasteiger partial charge in [0, 0.05) is 28.9 Å². The number of aldehydes is 2. The second-order valence-electron chi connectivity index (χ2n) is 7.29. The van der Waals surface area contributed by atoms with E-state index in [2.05, 4.69) is 0 Å².